The summed E-state index contributed by atoms with van der Waals surface area (Å²) in [4.78, 5) is 10.4. The van der Waals surface area contributed by atoms with Crippen molar-refractivity contribution < 1.29 is 22.7 Å². The molecule has 76 valence electrons. The minimum absolute atomic E-state index is 0.00711. The van der Waals surface area contributed by atoms with Gasteiger partial charge in [-0.05, 0) is 22.0 Å². The van der Waals surface area contributed by atoms with Crippen LogP contribution in [0.25, 0.3) is 0 Å². The van der Waals surface area contributed by atoms with Gasteiger partial charge in [-0.3, -0.25) is 4.79 Å². The van der Waals surface area contributed by atoms with Gasteiger partial charge in [0, 0.05) is 5.56 Å². The van der Waals surface area contributed by atoms with Crippen molar-refractivity contribution in [1.29, 1.82) is 0 Å². The highest BCUT2D eigenvalue weighted by Gasteiger charge is 2.32. The predicted octanol–water partition coefficient (Wildman–Crippen LogP) is 3.16. The van der Waals surface area contributed by atoms with E-state index in [1.807, 2.05) is 0 Å². The molecule has 0 fully saturated rings. The smallest absolute Gasteiger partial charge is 0.405 e. The molecular weight excluding hydrogens is 265 g/mol. The highest BCUT2D eigenvalue weighted by atomic mass is 79.9. The number of benzene rings is 1. The Morgan fingerprint density at radius 1 is 1.36 bits per heavy atom. The second-order valence-corrected chi connectivity index (χ2v) is 3.12. The van der Waals surface area contributed by atoms with E-state index in [1.54, 1.807) is 0 Å². The van der Waals surface area contributed by atoms with Crippen LogP contribution in [0.1, 0.15) is 10.4 Å². The van der Waals surface area contributed by atoms with Crippen LogP contribution in [0.2, 0.25) is 0 Å². The summed E-state index contributed by atoms with van der Waals surface area (Å²) < 4.78 is 39.1. The average molecular weight is 269 g/mol. The van der Waals surface area contributed by atoms with E-state index in [2.05, 4.69) is 20.7 Å². The molecule has 0 heterocycles. The zero-order valence-electron chi connectivity index (χ0n) is 6.64. The Balaban J connectivity index is 3.04. The third kappa shape index (κ3) is 2.73. The summed E-state index contributed by atoms with van der Waals surface area (Å²) >= 11 is 2.84. The van der Waals surface area contributed by atoms with E-state index in [0.717, 1.165) is 6.07 Å². The van der Waals surface area contributed by atoms with Crippen molar-refractivity contribution in [1.82, 2.24) is 0 Å². The van der Waals surface area contributed by atoms with E-state index in [0.29, 0.717) is 6.29 Å². The standard InChI is InChI=1S/C8H4BrF3O2/c9-7-5(4-13)2-1-3-6(7)14-8(10,11)12/h1-4H. The van der Waals surface area contributed by atoms with Crippen LogP contribution in [0.5, 0.6) is 5.75 Å². The topological polar surface area (TPSA) is 26.3 Å². The molecule has 0 unspecified atom stereocenters. The van der Waals surface area contributed by atoms with Crippen molar-refractivity contribution >= 4 is 22.2 Å². The molecule has 0 aromatic heterocycles. The zero-order valence-corrected chi connectivity index (χ0v) is 8.22. The van der Waals surface area contributed by atoms with E-state index in [4.69, 9.17) is 0 Å². The quantitative estimate of drug-likeness (QED) is 0.771. The molecule has 0 aliphatic rings. The summed E-state index contributed by atoms with van der Waals surface area (Å²) in [7, 11) is 0. The normalized spacial score (nSPS) is 11.1. The predicted molar refractivity (Wildman–Crippen MR) is 46.2 cm³/mol. The van der Waals surface area contributed by atoms with Crippen molar-refractivity contribution in [3.8, 4) is 5.75 Å². The molecule has 0 aliphatic carbocycles. The maximum Gasteiger partial charge on any atom is 0.573 e. The molecule has 0 atom stereocenters. The van der Waals surface area contributed by atoms with Crippen LogP contribution in [0.3, 0.4) is 0 Å². The van der Waals surface area contributed by atoms with E-state index < -0.39 is 12.1 Å². The summed E-state index contributed by atoms with van der Waals surface area (Å²) in [5.41, 5.74) is 0.103. The molecule has 0 bridgehead atoms. The molecule has 1 aromatic carbocycles. The summed E-state index contributed by atoms with van der Waals surface area (Å²) in [6, 6.07) is 3.79. The number of aldehydes is 1. The lowest BCUT2D eigenvalue weighted by Gasteiger charge is -2.10. The summed E-state index contributed by atoms with van der Waals surface area (Å²) in [5.74, 6) is -0.429. The molecule has 1 rings (SSSR count). The van der Waals surface area contributed by atoms with Crippen molar-refractivity contribution in [3.63, 3.8) is 0 Å². The molecule has 14 heavy (non-hydrogen) atoms. The molecule has 0 saturated heterocycles. The SMILES string of the molecule is O=Cc1cccc(OC(F)(F)F)c1Br. The Morgan fingerprint density at radius 3 is 2.50 bits per heavy atom. The van der Waals surface area contributed by atoms with Gasteiger partial charge in [-0.2, -0.15) is 0 Å². The molecule has 6 heteroatoms. The number of halogens is 4. The van der Waals surface area contributed by atoms with Crippen molar-refractivity contribution in [3.05, 3.63) is 28.2 Å². The van der Waals surface area contributed by atoms with Crippen LogP contribution in [0.4, 0.5) is 13.2 Å². The van der Waals surface area contributed by atoms with Crippen LogP contribution in [0.15, 0.2) is 22.7 Å². The van der Waals surface area contributed by atoms with Crippen molar-refractivity contribution in [2.45, 2.75) is 6.36 Å². The van der Waals surface area contributed by atoms with Gasteiger partial charge in [0.25, 0.3) is 0 Å². The fourth-order valence-electron chi connectivity index (χ4n) is 0.822. The number of carbonyl (C=O) groups is 1. The fourth-order valence-corrected chi connectivity index (χ4v) is 1.26. The number of carbonyl (C=O) groups excluding carboxylic acids is 1. The molecule has 0 spiro atoms. The van der Waals surface area contributed by atoms with E-state index in [-0.39, 0.29) is 10.0 Å². The van der Waals surface area contributed by atoms with Crippen molar-refractivity contribution in [2.24, 2.45) is 0 Å². The lowest BCUT2D eigenvalue weighted by molar-refractivity contribution is -0.274. The number of hydrogen-bond acceptors (Lipinski definition) is 2. The minimum atomic E-state index is -4.76. The maximum absolute atomic E-state index is 11.8. The monoisotopic (exact) mass is 268 g/mol. The first kappa shape index (κ1) is 11.0. The third-order valence-corrected chi connectivity index (χ3v) is 2.19. The van der Waals surface area contributed by atoms with Gasteiger partial charge in [0.15, 0.2) is 6.29 Å². The van der Waals surface area contributed by atoms with Gasteiger partial charge in [-0.25, -0.2) is 0 Å². The summed E-state index contributed by atoms with van der Waals surface area (Å²) in [5, 5.41) is 0. The molecule has 0 aliphatic heterocycles. The highest BCUT2D eigenvalue weighted by molar-refractivity contribution is 9.10. The van der Waals surface area contributed by atoms with Crippen LogP contribution >= 0.6 is 15.9 Å². The van der Waals surface area contributed by atoms with Gasteiger partial charge in [0.2, 0.25) is 0 Å². The van der Waals surface area contributed by atoms with Crippen LogP contribution < -0.4 is 4.74 Å². The molecule has 2 nitrogen and oxygen atoms in total. The Morgan fingerprint density at radius 2 is 2.00 bits per heavy atom. The number of hydrogen-bond donors (Lipinski definition) is 0. The molecule has 0 N–H and O–H groups in total. The van der Waals surface area contributed by atoms with E-state index in [9.17, 15) is 18.0 Å². The first-order chi connectivity index (χ1) is 6.44. The fraction of sp³-hybridized carbons (Fsp3) is 0.125. The lowest BCUT2D eigenvalue weighted by atomic mass is 10.2. The third-order valence-electron chi connectivity index (χ3n) is 1.35. The summed E-state index contributed by atoms with van der Waals surface area (Å²) in [6.45, 7) is 0. The highest BCUT2D eigenvalue weighted by Crippen LogP contribution is 2.31. The van der Waals surface area contributed by atoms with Gasteiger partial charge in [-0.15, -0.1) is 13.2 Å². The molecule has 0 saturated carbocycles. The second kappa shape index (κ2) is 4.00. The van der Waals surface area contributed by atoms with Gasteiger partial charge in [-0.1, -0.05) is 12.1 Å². The summed E-state index contributed by atoms with van der Waals surface area (Å²) in [6.07, 6.45) is -4.32. The van der Waals surface area contributed by atoms with Gasteiger partial charge in [0.05, 0.1) is 4.47 Å². The molecule has 0 amide bonds. The number of alkyl halides is 3. The first-order valence-corrected chi connectivity index (χ1v) is 4.23. The zero-order chi connectivity index (χ0) is 10.8. The Kier molecular flexibility index (Phi) is 3.15. The Bertz CT molecular complexity index is 349. The minimum Gasteiger partial charge on any atom is -0.405 e. The van der Waals surface area contributed by atoms with Gasteiger partial charge >= 0.3 is 6.36 Å². The molecular formula is C8H4BrF3O2. The van der Waals surface area contributed by atoms with Crippen LogP contribution in [0, 0.1) is 0 Å². The number of ether oxygens (including phenoxy) is 1. The van der Waals surface area contributed by atoms with Crippen LogP contribution in [-0.2, 0) is 0 Å². The largest absolute Gasteiger partial charge is 0.573 e. The molecule has 1 aromatic rings. The van der Waals surface area contributed by atoms with Gasteiger partial charge < -0.3 is 4.74 Å². The van der Waals surface area contributed by atoms with E-state index in [1.165, 1.54) is 12.1 Å². The Labute approximate surface area is 85.8 Å². The second-order valence-electron chi connectivity index (χ2n) is 2.33. The maximum atomic E-state index is 11.8. The van der Waals surface area contributed by atoms with E-state index >= 15 is 0 Å². The molecule has 0 radical (unpaired) electrons. The lowest BCUT2D eigenvalue weighted by Crippen LogP contribution is -2.17. The average Bonchev–Trinajstić information content (AvgIpc) is 2.06. The van der Waals surface area contributed by atoms with Crippen molar-refractivity contribution in [2.75, 3.05) is 0 Å². The van der Waals surface area contributed by atoms with Gasteiger partial charge in [0.1, 0.15) is 5.75 Å². The first-order valence-electron chi connectivity index (χ1n) is 3.43. The van der Waals surface area contributed by atoms with Crippen LogP contribution in [-0.4, -0.2) is 12.6 Å². The number of rotatable bonds is 2. The Hall–Kier alpha value is -1.04.